The van der Waals surface area contributed by atoms with Crippen LogP contribution < -0.4 is 20.1 Å². The Hall–Kier alpha value is -1.75. The minimum Gasteiger partial charge on any atom is -0.497 e. The molecule has 136 valence electrons. The summed E-state index contributed by atoms with van der Waals surface area (Å²) in [6, 6.07) is 5.42. The van der Waals surface area contributed by atoms with Crippen molar-refractivity contribution in [3.63, 3.8) is 0 Å². The van der Waals surface area contributed by atoms with Crippen LogP contribution in [-0.4, -0.2) is 32.2 Å². The second-order valence-electron chi connectivity index (χ2n) is 8.17. The molecule has 0 heterocycles. The molecule has 0 unspecified atom stereocenters. The minimum absolute atomic E-state index is 0.0146. The lowest BCUT2D eigenvalue weighted by atomic mass is 9.53. The van der Waals surface area contributed by atoms with Gasteiger partial charge in [-0.1, -0.05) is 0 Å². The largest absolute Gasteiger partial charge is 0.497 e. The van der Waals surface area contributed by atoms with Crippen LogP contribution in [0, 0.1) is 17.8 Å². The molecule has 0 aliphatic heterocycles. The lowest BCUT2D eigenvalue weighted by Crippen LogP contribution is -2.59. The molecule has 0 radical (unpaired) electrons. The Morgan fingerprint density at radius 2 is 1.72 bits per heavy atom. The van der Waals surface area contributed by atoms with Gasteiger partial charge in [0, 0.05) is 11.6 Å². The van der Waals surface area contributed by atoms with Crippen molar-refractivity contribution >= 4 is 11.6 Å². The third-order valence-electron chi connectivity index (χ3n) is 6.34. The van der Waals surface area contributed by atoms with E-state index >= 15 is 0 Å². The summed E-state index contributed by atoms with van der Waals surface area (Å²) in [5.74, 6) is 3.94. The molecule has 0 saturated heterocycles. The maximum Gasteiger partial charge on any atom is 0.238 e. The van der Waals surface area contributed by atoms with Crippen LogP contribution >= 0.6 is 0 Å². The van der Waals surface area contributed by atoms with E-state index in [2.05, 4.69) is 10.6 Å². The number of anilines is 1. The van der Waals surface area contributed by atoms with Crippen LogP contribution in [0.1, 0.15) is 38.5 Å². The van der Waals surface area contributed by atoms with Gasteiger partial charge in [0.15, 0.2) is 0 Å². The molecule has 1 amide bonds. The van der Waals surface area contributed by atoms with E-state index in [1.807, 2.05) is 12.1 Å². The molecule has 5 nitrogen and oxygen atoms in total. The third-order valence-corrected chi connectivity index (χ3v) is 6.34. The lowest BCUT2D eigenvalue weighted by Gasteiger charge is -2.57. The van der Waals surface area contributed by atoms with Gasteiger partial charge in [-0.25, -0.2) is 0 Å². The molecule has 1 aromatic rings. The Kier molecular flexibility index (Phi) is 4.36. The summed E-state index contributed by atoms with van der Waals surface area (Å²) in [6.07, 6.45) is 7.98. The summed E-state index contributed by atoms with van der Waals surface area (Å²) in [4.78, 5) is 12.5. The fourth-order valence-electron chi connectivity index (χ4n) is 5.69. The molecule has 4 bridgehead atoms. The van der Waals surface area contributed by atoms with Crippen molar-refractivity contribution in [2.75, 3.05) is 26.1 Å². The van der Waals surface area contributed by atoms with E-state index in [4.69, 9.17) is 9.47 Å². The van der Waals surface area contributed by atoms with Crippen molar-refractivity contribution in [2.45, 2.75) is 44.1 Å². The Morgan fingerprint density at radius 1 is 1.08 bits per heavy atom. The van der Waals surface area contributed by atoms with E-state index in [0.29, 0.717) is 23.7 Å². The van der Waals surface area contributed by atoms with Crippen molar-refractivity contribution in [2.24, 2.45) is 17.8 Å². The van der Waals surface area contributed by atoms with Crippen LogP contribution in [0.4, 0.5) is 5.69 Å². The normalized spacial score (nSPS) is 32.5. The number of methoxy groups -OCH3 is 2. The van der Waals surface area contributed by atoms with Gasteiger partial charge in [-0.2, -0.15) is 0 Å². The zero-order valence-electron chi connectivity index (χ0n) is 15.1. The summed E-state index contributed by atoms with van der Waals surface area (Å²) in [5, 5.41) is 6.59. The zero-order chi connectivity index (χ0) is 17.4. The van der Waals surface area contributed by atoms with Gasteiger partial charge in [0.1, 0.15) is 11.5 Å². The first-order chi connectivity index (χ1) is 12.1. The number of amides is 1. The van der Waals surface area contributed by atoms with Gasteiger partial charge in [-0.3, -0.25) is 4.79 Å². The van der Waals surface area contributed by atoms with E-state index in [1.54, 1.807) is 20.3 Å². The summed E-state index contributed by atoms with van der Waals surface area (Å²) in [7, 11) is 3.21. The second-order valence-corrected chi connectivity index (χ2v) is 8.17. The molecule has 4 aliphatic rings. The molecule has 2 N–H and O–H groups in total. The fraction of sp³-hybridized carbons (Fsp3) is 0.650. The molecule has 4 aliphatic carbocycles. The predicted octanol–water partition coefficient (Wildman–Crippen LogP) is 3.20. The van der Waals surface area contributed by atoms with Crippen molar-refractivity contribution in [3.8, 4) is 11.5 Å². The highest BCUT2D eigenvalue weighted by molar-refractivity contribution is 5.93. The molecule has 4 saturated carbocycles. The topological polar surface area (TPSA) is 59.6 Å². The predicted molar refractivity (Wildman–Crippen MR) is 97.1 cm³/mol. The number of benzene rings is 1. The summed E-state index contributed by atoms with van der Waals surface area (Å²) < 4.78 is 10.5. The van der Waals surface area contributed by atoms with E-state index in [-0.39, 0.29) is 11.4 Å². The highest BCUT2D eigenvalue weighted by Gasteiger charge is 2.50. The smallest absolute Gasteiger partial charge is 0.238 e. The Labute approximate surface area is 149 Å². The first-order valence-electron chi connectivity index (χ1n) is 9.36. The summed E-state index contributed by atoms with van der Waals surface area (Å²) in [5.41, 5.74) is 0.886. The molecule has 5 heteroatoms. The average molecular weight is 344 g/mol. The number of rotatable bonds is 6. The van der Waals surface area contributed by atoms with Crippen LogP contribution in [-0.2, 0) is 4.79 Å². The molecule has 1 aromatic carbocycles. The lowest BCUT2D eigenvalue weighted by molar-refractivity contribution is -0.116. The molecular weight excluding hydrogens is 316 g/mol. The Bertz CT molecular complexity index is 623. The van der Waals surface area contributed by atoms with Gasteiger partial charge in [0.25, 0.3) is 0 Å². The quantitative estimate of drug-likeness (QED) is 0.832. The highest BCUT2D eigenvalue weighted by Crippen LogP contribution is 2.55. The molecular formula is C20H28N2O3. The van der Waals surface area contributed by atoms with Gasteiger partial charge in [-0.15, -0.1) is 0 Å². The first-order valence-corrected chi connectivity index (χ1v) is 9.36. The number of carbonyl (C=O) groups excluding carboxylic acids is 1. The van der Waals surface area contributed by atoms with Crippen molar-refractivity contribution in [1.29, 1.82) is 0 Å². The van der Waals surface area contributed by atoms with Crippen LogP contribution in [0.3, 0.4) is 0 Å². The fourth-order valence-corrected chi connectivity index (χ4v) is 5.69. The third kappa shape index (κ3) is 3.34. The average Bonchev–Trinajstić information content (AvgIpc) is 2.59. The number of ether oxygens (including phenoxy) is 2. The number of nitrogens with one attached hydrogen (secondary N) is 2. The van der Waals surface area contributed by atoms with E-state index in [9.17, 15) is 4.79 Å². The standard InChI is InChI=1S/C20H28N2O3/c1-24-16-3-4-17(18(8-16)25-2)22-19(23)12-21-20-9-13-5-14(10-20)7-15(6-13)11-20/h3-4,8,13-15,21H,5-7,9-12H2,1-2H3,(H,22,23). The second kappa shape index (κ2) is 6.52. The van der Waals surface area contributed by atoms with Crippen molar-refractivity contribution in [3.05, 3.63) is 18.2 Å². The maximum atomic E-state index is 12.5. The van der Waals surface area contributed by atoms with E-state index in [0.717, 1.165) is 17.8 Å². The monoisotopic (exact) mass is 344 g/mol. The highest BCUT2D eigenvalue weighted by atomic mass is 16.5. The van der Waals surface area contributed by atoms with Crippen molar-refractivity contribution < 1.29 is 14.3 Å². The molecule has 0 aromatic heterocycles. The number of hydrogen-bond acceptors (Lipinski definition) is 4. The van der Waals surface area contributed by atoms with E-state index in [1.165, 1.54) is 38.5 Å². The van der Waals surface area contributed by atoms with Gasteiger partial charge in [-0.05, 0) is 68.4 Å². The number of hydrogen-bond donors (Lipinski definition) is 2. The molecule has 0 atom stereocenters. The van der Waals surface area contributed by atoms with Gasteiger partial charge in [0.2, 0.25) is 5.91 Å². The van der Waals surface area contributed by atoms with Gasteiger partial charge < -0.3 is 20.1 Å². The molecule has 5 rings (SSSR count). The number of carbonyl (C=O) groups is 1. The molecule has 0 spiro atoms. The van der Waals surface area contributed by atoms with Crippen molar-refractivity contribution in [1.82, 2.24) is 5.32 Å². The minimum atomic E-state index is -0.0146. The van der Waals surface area contributed by atoms with Crippen LogP contribution in [0.15, 0.2) is 18.2 Å². The molecule has 25 heavy (non-hydrogen) atoms. The first kappa shape index (κ1) is 16.7. The summed E-state index contributed by atoms with van der Waals surface area (Å²) in [6.45, 7) is 0.362. The zero-order valence-corrected chi connectivity index (χ0v) is 15.1. The van der Waals surface area contributed by atoms with Gasteiger partial charge in [0.05, 0.1) is 26.5 Å². The van der Waals surface area contributed by atoms with Crippen LogP contribution in [0.25, 0.3) is 0 Å². The Morgan fingerprint density at radius 3 is 2.28 bits per heavy atom. The SMILES string of the molecule is COc1ccc(NC(=O)CNC23CC4CC(CC(C4)C2)C3)c(OC)c1. The van der Waals surface area contributed by atoms with Crippen LogP contribution in [0.5, 0.6) is 11.5 Å². The Balaban J connectivity index is 1.37. The summed E-state index contributed by atoms with van der Waals surface area (Å²) >= 11 is 0. The van der Waals surface area contributed by atoms with Crippen LogP contribution in [0.2, 0.25) is 0 Å². The van der Waals surface area contributed by atoms with E-state index < -0.39 is 0 Å². The maximum absolute atomic E-state index is 12.5. The molecule has 4 fully saturated rings. The van der Waals surface area contributed by atoms with Gasteiger partial charge >= 0.3 is 0 Å².